The van der Waals surface area contributed by atoms with Gasteiger partial charge in [0.05, 0.1) is 30.8 Å². The van der Waals surface area contributed by atoms with Crippen LogP contribution in [0.3, 0.4) is 0 Å². The fourth-order valence-electron chi connectivity index (χ4n) is 3.27. The van der Waals surface area contributed by atoms with Crippen LogP contribution in [0.15, 0.2) is 40.1 Å². The molecule has 2 atom stereocenters. The highest BCUT2D eigenvalue weighted by Crippen LogP contribution is 2.25. The highest BCUT2D eigenvalue weighted by Gasteiger charge is 2.21. The van der Waals surface area contributed by atoms with E-state index in [1.54, 1.807) is 12.7 Å². The molecule has 3 rings (SSSR count). The quantitative estimate of drug-likeness (QED) is 0.553. The third-order valence-electron chi connectivity index (χ3n) is 4.71. The number of fused-ring (bicyclic) bond motifs is 1. The third-order valence-corrected chi connectivity index (χ3v) is 5.24. The van der Waals surface area contributed by atoms with E-state index in [2.05, 4.69) is 31.2 Å². The number of carboxylic acids is 1. The second kappa shape index (κ2) is 9.14. The Morgan fingerprint density at radius 3 is 2.85 bits per heavy atom. The van der Waals surface area contributed by atoms with Crippen molar-refractivity contribution < 1.29 is 15.0 Å². The molecule has 7 nitrogen and oxygen atoms in total. The number of aliphatic carboxylic acids is 1. The lowest BCUT2D eigenvalue weighted by Gasteiger charge is -2.14. The van der Waals surface area contributed by atoms with Crippen LogP contribution in [-0.4, -0.2) is 38.6 Å². The molecule has 0 saturated heterocycles. The van der Waals surface area contributed by atoms with Gasteiger partial charge in [-0.2, -0.15) is 0 Å². The molecule has 0 aliphatic carbocycles. The van der Waals surface area contributed by atoms with Crippen molar-refractivity contribution in [2.75, 3.05) is 11.9 Å². The first-order valence-electron chi connectivity index (χ1n) is 8.99. The van der Waals surface area contributed by atoms with Crippen LogP contribution in [0, 0.1) is 5.92 Å². The van der Waals surface area contributed by atoms with Crippen LogP contribution in [0.2, 0.25) is 0 Å². The molecule has 1 aromatic carbocycles. The topological polar surface area (TPSA) is 99.7 Å². The molecule has 1 aliphatic heterocycles. The molecule has 0 saturated carbocycles. The number of nitrogens with zero attached hydrogens (tertiary/aromatic N) is 3. The van der Waals surface area contributed by atoms with Gasteiger partial charge in [0.2, 0.25) is 0 Å². The first-order valence-corrected chi connectivity index (χ1v) is 9.79. The van der Waals surface area contributed by atoms with Gasteiger partial charge >= 0.3 is 5.97 Å². The van der Waals surface area contributed by atoms with E-state index < -0.39 is 18.0 Å². The number of unbranched alkanes of at least 4 members (excludes halogenated alkanes) is 1. The molecule has 3 N–H and O–H groups in total. The van der Waals surface area contributed by atoms with Gasteiger partial charge in [0.25, 0.3) is 0 Å². The first kappa shape index (κ1) is 19.6. The molecule has 2 aromatic rings. The van der Waals surface area contributed by atoms with E-state index in [1.807, 2.05) is 28.8 Å². The predicted octanol–water partition coefficient (Wildman–Crippen LogP) is 3.25. The Kier molecular flexibility index (Phi) is 6.63. The van der Waals surface area contributed by atoms with Crippen molar-refractivity contribution in [1.82, 2.24) is 9.55 Å². The molecule has 0 bridgehead atoms. The number of benzene rings is 1. The molecule has 2 unspecified atom stereocenters. The summed E-state index contributed by atoms with van der Waals surface area (Å²) < 4.78 is 2.91. The summed E-state index contributed by atoms with van der Waals surface area (Å²) in [5.74, 6) is -0.527. The summed E-state index contributed by atoms with van der Waals surface area (Å²) in [6.07, 6.45) is 5.33. The van der Waals surface area contributed by atoms with Gasteiger partial charge in [0, 0.05) is 11.0 Å². The summed E-state index contributed by atoms with van der Waals surface area (Å²) in [5, 5.41) is 22.7. The molecule has 0 radical (unpaired) electrons. The van der Waals surface area contributed by atoms with Crippen LogP contribution >= 0.6 is 15.9 Å². The van der Waals surface area contributed by atoms with Crippen molar-refractivity contribution in [3.05, 3.63) is 46.3 Å². The molecule has 8 heteroatoms. The van der Waals surface area contributed by atoms with Gasteiger partial charge in [-0.3, -0.25) is 9.79 Å². The van der Waals surface area contributed by atoms with E-state index in [9.17, 15) is 15.0 Å². The standard InChI is InChI=1S/C19H23BrN4O3/c20-15-6-4-13(5-7-15)9-14(19(26)27)3-1-2-8-24-12-23-18-17(24)16(25)10-21-11-22-18/h4-7,11-12,14,16,25H,1-3,8-10H2,(H,21,22)(H,26,27). The number of aliphatic hydroxyl groups is 1. The van der Waals surface area contributed by atoms with E-state index in [1.165, 1.54) is 0 Å². The smallest absolute Gasteiger partial charge is 0.306 e. The number of aliphatic hydroxyl groups excluding tert-OH is 1. The number of imidazole rings is 1. The molecule has 1 aromatic heterocycles. The normalized spacial score (nSPS) is 17.0. The van der Waals surface area contributed by atoms with Gasteiger partial charge in [0.1, 0.15) is 6.10 Å². The van der Waals surface area contributed by atoms with Crippen LogP contribution in [0.5, 0.6) is 0 Å². The molecular formula is C19H23BrN4O3. The van der Waals surface area contributed by atoms with Crippen LogP contribution in [0.1, 0.15) is 36.6 Å². The number of anilines is 1. The summed E-state index contributed by atoms with van der Waals surface area (Å²) in [6.45, 7) is 0.992. The van der Waals surface area contributed by atoms with Crippen LogP contribution in [-0.2, 0) is 17.8 Å². The van der Waals surface area contributed by atoms with Gasteiger partial charge in [-0.1, -0.05) is 34.5 Å². The Labute approximate surface area is 166 Å². The minimum absolute atomic E-state index is 0.306. The van der Waals surface area contributed by atoms with E-state index in [-0.39, 0.29) is 0 Å². The van der Waals surface area contributed by atoms with Crippen molar-refractivity contribution in [3.63, 3.8) is 0 Å². The first-order chi connectivity index (χ1) is 13.0. The molecule has 0 fully saturated rings. The predicted molar refractivity (Wildman–Crippen MR) is 107 cm³/mol. The van der Waals surface area contributed by atoms with Crippen molar-refractivity contribution in [2.24, 2.45) is 10.9 Å². The number of aryl methyl sites for hydroxylation is 1. The lowest BCUT2D eigenvalue weighted by molar-refractivity contribution is -0.142. The molecule has 2 heterocycles. The second-order valence-corrected chi connectivity index (χ2v) is 7.60. The molecule has 27 heavy (non-hydrogen) atoms. The maximum Gasteiger partial charge on any atom is 0.306 e. The molecule has 1 aliphatic rings. The number of hydrogen-bond acceptors (Lipinski definition) is 5. The number of hydrogen-bond donors (Lipinski definition) is 3. The summed E-state index contributed by atoms with van der Waals surface area (Å²) in [5.41, 5.74) is 1.76. The van der Waals surface area contributed by atoms with Gasteiger partial charge in [0.15, 0.2) is 5.82 Å². The second-order valence-electron chi connectivity index (χ2n) is 6.69. The van der Waals surface area contributed by atoms with Crippen LogP contribution < -0.4 is 5.32 Å². The lowest BCUT2D eigenvalue weighted by atomic mass is 9.94. The lowest BCUT2D eigenvalue weighted by Crippen LogP contribution is -2.17. The average molecular weight is 435 g/mol. The Balaban J connectivity index is 1.52. The largest absolute Gasteiger partial charge is 0.481 e. The molecule has 144 valence electrons. The van der Waals surface area contributed by atoms with Crippen LogP contribution in [0.4, 0.5) is 5.82 Å². The fourth-order valence-corrected chi connectivity index (χ4v) is 3.53. The number of nitrogens with one attached hydrogen (secondary N) is 1. The highest BCUT2D eigenvalue weighted by atomic mass is 79.9. The Hall–Kier alpha value is -2.19. The van der Waals surface area contributed by atoms with Gasteiger partial charge in [-0.15, -0.1) is 0 Å². The zero-order valence-electron chi connectivity index (χ0n) is 14.9. The number of carbonyl (C=O) groups is 1. The van der Waals surface area contributed by atoms with Crippen molar-refractivity contribution in [2.45, 2.75) is 38.3 Å². The van der Waals surface area contributed by atoms with Crippen molar-refractivity contribution in [1.29, 1.82) is 0 Å². The summed E-state index contributed by atoms with van der Waals surface area (Å²) in [6, 6.07) is 7.78. The maximum atomic E-state index is 11.6. The average Bonchev–Trinajstić information content (AvgIpc) is 2.96. The molecule has 0 spiro atoms. The van der Waals surface area contributed by atoms with Gasteiger partial charge in [-0.25, -0.2) is 4.98 Å². The minimum Gasteiger partial charge on any atom is -0.481 e. The molecule has 0 amide bonds. The summed E-state index contributed by atoms with van der Waals surface area (Å²) in [7, 11) is 0. The monoisotopic (exact) mass is 434 g/mol. The number of aliphatic imine (C=N–C) groups is 1. The number of rotatable bonds is 8. The summed E-state index contributed by atoms with van der Waals surface area (Å²) >= 11 is 3.39. The zero-order valence-corrected chi connectivity index (χ0v) is 16.5. The van der Waals surface area contributed by atoms with E-state index in [0.717, 1.165) is 28.6 Å². The van der Waals surface area contributed by atoms with Gasteiger partial charge in [-0.05, 0) is 37.0 Å². The van der Waals surface area contributed by atoms with E-state index in [0.29, 0.717) is 31.7 Å². The number of carboxylic acid groups (broad SMARTS) is 1. The zero-order chi connectivity index (χ0) is 19.2. The van der Waals surface area contributed by atoms with Crippen molar-refractivity contribution >= 4 is 34.1 Å². The fraction of sp³-hybridized carbons (Fsp3) is 0.421. The van der Waals surface area contributed by atoms with E-state index in [4.69, 9.17) is 0 Å². The Bertz CT molecular complexity index is 804. The highest BCUT2D eigenvalue weighted by molar-refractivity contribution is 9.10. The van der Waals surface area contributed by atoms with Gasteiger partial charge < -0.3 is 20.1 Å². The number of aromatic nitrogens is 2. The third kappa shape index (κ3) is 5.17. The summed E-state index contributed by atoms with van der Waals surface area (Å²) in [4.78, 5) is 19.9. The Morgan fingerprint density at radius 2 is 2.11 bits per heavy atom. The SMILES string of the molecule is O=C(O)C(CCCCn1cnc2c1C(O)CN=CN2)Cc1ccc(Br)cc1. The van der Waals surface area contributed by atoms with Crippen LogP contribution in [0.25, 0.3) is 0 Å². The minimum atomic E-state index is -0.758. The van der Waals surface area contributed by atoms with E-state index >= 15 is 0 Å². The Morgan fingerprint density at radius 1 is 1.33 bits per heavy atom. The molecular weight excluding hydrogens is 412 g/mol. The van der Waals surface area contributed by atoms with Crippen molar-refractivity contribution in [3.8, 4) is 0 Å². The number of halogens is 1. The maximum absolute atomic E-state index is 11.6.